The first-order valence-electron chi connectivity index (χ1n) is 9.57. The number of benzene rings is 1. The Balaban J connectivity index is 0.00000300. The second-order valence-electron chi connectivity index (χ2n) is 7.34. The molecule has 6 nitrogen and oxygen atoms in total. The molecule has 3 rings (SSSR count). The highest BCUT2D eigenvalue weighted by Crippen LogP contribution is 2.25. The number of anilines is 2. The van der Waals surface area contributed by atoms with Gasteiger partial charge in [-0.1, -0.05) is 23.7 Å². The van der Waals surface area contributed by atoms with Crippen molar-refractivity contribution in [2.24, 2.45) is 4.99 Å². The zero-order valence-electron chi connectivity index (χ0n) is 17.4. The van der Waals surface area contributed by atoms with Crippen LogP contribution in [0, 0.1) is 6.92 Å². The van der Waals surface area contributed by atoms with Crippen molar-refractivity contribution in [2.75, 3.05) is 44.0 Å². The minimum atomic E-state index is 0. The van der Waals surface area contributed by atoms with Crippen LogP contribution >= 0.6 is 35.6 Å². The normalized spacial score (nSPS) is 16.4. The molecule has 2 N–H and O–H groups in total. The molecule has 0 radical (unpaired) electrons. The first-order chi connectivity index (χ1) is 13.5. The summed E-state index contributed by atoms with van der Waals surface area (Å²) in [4.78, 5) is 13.2. The Hall–Kier alpha value is -1.74. The third-order valence-electron chi connectivity index (χ3n) is 4.96. The molecule has 0 saturated carbocycles. The van der Waals surface area contributed by atoms with Gasteiger partial charge in [-0.05, 0) is 42.7 Å². The maximum Gasteiger partial charge on any atom is 0.191 e. The fraction of sp³-hybridized carbons (Fsp3) is 0.429. The van der Waals surface area contributed by atoms with E-state index in [0.29, 0.717) is 11.1 Å². The molecule has 29 heavy (non-hydrogen) atoms. The molecule has 1 atom stereocenters. The Morgan fingerprint density at radius 3 is 2.83 bits per heavy atom. The van der Waals surface area contributed by atoms with E-state index in [9.17, 15) is 0 Å². The maximum atomic E-state index is 6.29. The Kier molecular flexibility index (Phi) is 8.82. The summed E-state index contributed by atoms with van der Waals surface area (Å²) in [5, 5.41) is 7.67. The molecule has 1 fully saturated rings. The van der Waals surface area contributed by atoms with Crippen LogP contribution < -0.4 is 20.4 Å². The molecule has 0 aliphatic carbocycles. The van der Waals surface area contributed by atoms with E-state index in [1.807, 2.05) is 12.1 Å². The lowest BCUT2D eigenvalue weighted by molar-refractivity contribution is 0.648. The predicted molar refractivity (Wildman–Crippen MR) is 134 cm³/mol. The molecule has 1 aromatic carbocycles. The minimum Gasteiger partial charge on any atom is -0.377 e. The molecule has 8 heteroatoms. The van der Waals surface area contributed by atoms with Crippen molar-refractivity contribution in [2.45, 2.75) is 25.9 Å². The van der Waals surface area contributed by atoms with Gasteiger partial charge in [0.15, 0.2) is 5.96 Å². The van der Waals surface area contributed by atoms with E-state index in [-0.39, 0.29) is 24.0 Å². The van der Waals surface area contributed by atoms with Gasteiger partial charge in [0.1, 0.15) is 5.82 Å². The van der Waals surface area contributed by atoms with Gasteiger partial charge in [-0.15, -0.1) is 24.0 Å². The number of nitrogens with zero attached hydrogens (tertiary/aromatic N) is 4. The summed E-state index contributed by atoms with van der Waals surface area (Å²) in [7, 11) is 5.95. The fourth-order valence-corrected chi connectivity index (χ4v) is 3.73. The second kappa shape index (κ2) is 10.9. The standard InChI is InChI=1S/C21H29ClN6.HI/c1-15-7-8-16(19(12-15)27(3)4)13-25-21(23-2)26-17-9-11-28(14-17)20-18(22)6-5-10-24-20;/h5-8,10,12,17H,9,11,13-14H2,1-4H3,(H2,23,25,26);1H. The summed E-state index contributed by atoms with van der Waals surface area (Å²) < 4.78 is 0. The van der Waals surface area contributed by atoms with Gasteiger partial charge in [0, 0.05) is 58.7 Å². The summed E-state index contributed by atoms with van der Waals surface area (Å²) >= 11 is 6.29. The predicted octanol–water partition coefficient (Wildman–Crippen LogP) is 3.67. The zero-order chi connectivity index (χ0) is 20.1. The van der Waals surface area contributed by atoms with Crippen LogP contribution in [-0.2, 0) is 6.54 Å². The van der Waals surface area contributed by atoms with E-state index in [1.165, 1.54) is 16.8 Å². The van der Waals surface area contributed by atoms with Crippen molar-refractivity contribution >= 4 is 53.0 Å². The number of aliphatic imine (C=N–C) groups is 1. The van der Waals surface area contributed by atoms with Gasteiger partial charge in [0.2, 0.25) is 0 Å². The number of hydrogen-bond donors (Lipinski definition) is 2. The lowest BCUT2D eigenvalue weighted by Crippen LogP contribution is -2.44. The van der Waals surface area contributed by atoms with Crippen LogP contribution in [0.4, 0.5) is 11.5 Å². The van der Waals surface area contributed by atoms with Crippen LogP contribution in [0.3, 0.4) is 0 Å². The van der Waals surface area contributed by atoms with Gasteiger partial charge in [-0.25, -0.2) is 4.98 Å². The molecule has 0 amide bonds. The van der Waals surface area contributed by atoms with Crippen molar-refractivity contribution in [3.8, 4) is 0 Å². The van der Waals surface area contributed by atoms with Gasteiger partial charge in [0.05, 0.1) is 5.02 Å². The van der Waals surface area contributed by atoms with Crippen LogP contribution in [0.5, 0.6) is 0 Å². The Bertz CT molecular complexity index is 842. The van der Waals surface area contributed by atoms with Crippen LogP contribution in [0.25, 0.3) is 0 Å². The van der Waals surface area contributed by atoms with Crippen LogP contribution in [0.2, 0.25) is 5.02 Å². The molecular formula is C21H30ClIN6. The topological polar surface area (TPSA) is 55.8 Å². The highest BCUT2D eigenvalue weighted by molar-refractivity contribution is 14.0. The first kappa shape index (κ1) is 23.5. The summed E-state index contributed by atoms with van der Waals surface area (Å²) in [5.74, 6) is 1.66. The van der Waals surface area contributed by atoms with Crippen molar-refractivity contribution in [3.63, 3.8) is 0 Å². The number of rotatable bonds is 5. The van der Waals surface area contributed by atoms with Crippen molar-refractivity contribution < 1.29 is 0 Å². The monoisotopic (exact) mass is 528 g/mol. The lowest BCUT2D eigenvalue weighted by atomic mass is 10.1. The van der Waals surface area contributed by atoms with Crippen LogP contribution in [-0.4, -0.2) is 51.2 Å². The largest absolute Gasteiger partial charge is 0.377 e. The average molecular weight is 529 g/mol. The lowest BCUT2D eigenvalue weighted by Gasteiger charge is -2.22. The van der Waals surface area contributed by atoms with Gasteiger partial charge in [-0.2, -0.15) is 0 Å². The van der Waals surface area contributed by atoms with Gasteiger partial charge in [-0.3, -0.25) is 4.99 Å². The number of pyridine rings is 1. The summed E-state index contributed by atoms with van der Waals surface area (Å²) in [6.45, 7) is 4.61. The number of guanidine groups is 1. The van der Waals surface area contributed by atoms with E-state index >= 15 is 0 Å². The molecule has 1 aliphatic heterocycles. The molecule has 1 aromatic heterocycles. The summed E-state index contributed by atoms with van der Waals surface area (Å²) in [5.41, 5.74) is 3.72. The van der Waals surface area contributed by atoms with E-state index < -0.39 is 0 Å². The molecule has 0 spiro atoms. The van der Waals surface area contributed by atoms with Gasteiger partial charge < -0.3 is 20.4 Å². The summed E-state index contributed by atoms with van der Waals surface area (Å²) in [6.07, 6.45) is 2.80. The molecule has 1 saturated heterocycles. The highest BCUT2D eigenvalue weighted by atomic mass is 127. The van der Waals surface area contributed by atoms with Crippen LogP contribution in [0.1, 0.15) is 17.5 Å². The third-order valence-corrected chi connectivity index (χ3v) is 5.26. The van der Waals surface area contributed by atoms with Crippen LogP contribution in [0.15, 0.2) is 41.5 Å². The second-order valence-corrected chi connectivity index (χ2v) is 7.74. The third kappa shape index (κ3) is 6.12. The number of aromatic nitrogens is 1. The highest BCUT2D eigenvalue weighted by Gasteiger charge is 2.25. The van der Waals surface area contributed by atoms with Crippen molar-refractivity contribution in [3.05, 3.63) is 52.7 Å². The number of nitrogens with one attached hydrogen (secondary N) is 2. The van der Waals surface area contributed by atoms with E-state index in [4.69, 9.17) is 11.6 Å². The number of aryl methyl sites for hydroxylation is 1. The SMILES string of the molecule is CN=C(NCc1ccc(C)cc1N(C)C)NC1CCN(c2ncccc2Cl)C1.I. The molecular weight excluding hydrogens is 499 g/mol. The van der Waals surface area contributed by atoms with Gasteiger partial charge in [0.25, 0.3) is 0 Å². The minimum absolute atomic E-state index is 0. The smallest absolute Gasteiger partial charge is 0.191 e. The van der Waals surface area contributed by atoms with E-state index in [0.717, 1.165) is 37.8 Å². The molecule has 2 heterocycles. The quantitative estimate of drug-likeness (QED) is 0.352. The number of halogens is 2. The van der Waals surface area contributed by atoms with E-state index in [1.54, 1.807) is 13.2 Å². The molecule has 0 bridgehead atoms. The molecule has 2 aromatic rings. The van der Waals surface area contributed by atoms with Crippen molar-refractivity contribution in [1.29, 1.82) is 0 Å². The Morgan fingerprint density at radius 1 is 1.34 bits per heavy atom. The molecule has 1 aliphatic rings. The van der Waals surface area contributed by atoms with Gasteiger partial charge >= 0.3 is 0 Å². The fourth-order valence-electron chi connectivity index (χ4n) is 3.49. The zero-order valence-corrected chi connectivity index (χ0v) is 20.5. The van der Waals surface area contributed by atoms with E-state index in [2.05, 4.69) is 69.6 Å². The van der Waals surface area contributed by atoms with Crippen molar-refractivity contribution in [1.82, 2.24) is 15.6 Å². The number of hydrogen-bond acceptors (Lipinski definition) is 4. The molecule has 1 unspecified atom stereocenters. The Morgan fingerprint density at radius 2 is 2.14 bits per heavy atom. The maximum absolute atomic E-state index is 6.29. The molecule has 158 valence electrons. The average Bonchev–Trinajstić information content (AvgIpc) is 3.14. The first-order valence-corrected chi connectivity index (χ1v) is 9.95. The Labute approximate surface area is 195 Å². The summed E-state index contributed by atoms with van der Waals surface area (Å²) in [6, 6.07) is 10.6.